The van der Waals surface area contributed by atoms with Gasteiger partial charge in [-0.05, 0) is 17.5 Å². The van der Waals surface area contributed by atoms with Crippen LogP contribution in [0.25, 0.3) is 0 Å². The highest BCUT2D eigenvalue weighted by Crippen LogP contribution is 2.65. The van der Waals surface area contributed by atoms with Crippen LogP contribution in [0.5, 0.6) is 0 Å². The van der Waals surface area contributed by atoms with Crippen molar-refractivity contribution in [2.24, 2.45) is 0 Å². The molecule has 0 aliphatic carbocycles. The molecule has 0 fully saturated rings. The average molecular weight is 472 g/mol. The summed E-state index contributed by atoms with van der Waals surface area (Å²) < 4.78 is -8.64. The van der Waals surface area contributed by atoms with Crippen LogP contribution in [0.2, 0.25) is 0 Å². The third-order valence-electron chi connectivity index (χ3n) is 2.84. The summed E-state index contributed by atoms with van der Waals surface area (Å²) in [4.78, 5) is 0. The summed E-state index contributed by atoms with van der Waals surface area (Å²) in [5, 5.41) is 0. The molecule has 1 aromatic carbocycles. The molecule has 0 atom stereocenters. The third kappa shape index (κ3) is 3.91. The molecule has 0 aromatic heterocycles. The maximum Gasteiger partial charge on any atom is 0.226 e. The topological polar surface area (TPSA) is 0 Å². The highest BCUT2D eigenvalue weighted by molar-refractivity contribution is 6.80. The lowest BCUT2D eigenvalue weighted by Crippen LogP contribution is -2.54. The van der Waals surface area contributed by atoms with Gasteiger partial charge in [0.15, 0.2) is 8.67 Å². The van der Waals surface area contributed by atoms with Crippen LogP contribution in [0.3, 0.4) is 0 Å². The second-order valence-corrected chi connectivity index (χ2v) is 10.5. The largest absolute Gasteiger partial charge is 0.226 e. The Hall–Kier alpha value is 1.83. The van der Waals surface area contributed by atoms with Crippen molar-refractivity contribution in [3.05, 3.63) is 35.4 Å². The van der Waals surface area contributed by atoms with E-state index in [4.69, 9.17) is 104 Å². The molecule has 0 unspecified atom stereocenters. The Labute approximate surface area is 168 Å². The van der Waals surface area contributed by atoms with Crippen molar-refractivity contribution in [1.82, 2.24) is 0 Å². The van der Waals surface area contributed by atoms with Gasteiger partial charge in [0, 0.05) is 0 Å². The molecule has 0 spiro atoms. The zero-order chi connectivity index (χ0) is 16.7. The molecule has 0 bridgehead atoms. The smallest absolute Gasteiger partial charge is 0.0943 e. The molecule has 21 heavy (non-hydrogen) atoms. The molecule has 1 aromatic rings. The number of benzene rings is 1. The van der Waals surface area contributed by atoms with Crippen LogP contribution in [0.1, 0.15) is 18.1 Å². The van der Waals surface area contributed by atoms with Crippen LogP contribution in [0.15, 0.2) is 24.3 Å². The standard InChI is InChI=1S/C12H9Cl9/c1-2-7-4-3-5-8(6-7)9(13,14)10(15,16)11(17,18)12(19,20)21/h3-6H,2H2,1H3. The van der Waals surface area contributed by atoms with Gasteiger partial charge in [0.1, 0.15) is 0 Å². The minimum absolute atomic E-state index is 0.384. The highest BCUT2D eigenvalue weighted by atomic mass is 35.6. The van der Waals surface area contributed by atoms with Crippen LogP contribution < -0.4 is 0 Å². The van der Waals surface area contributed by atoms with Crippen molar-refractivity contribution < 1.29 is 0 Å². The van der Waals surface area contributed by atoms with Gasteiger partial charge >= 0.3 is 0 Å². The van der Waals surface area contributed by atoms with Gasteiger partial charge in [-0.2, -0.15) is 0 Å². The normalized spacial score (nSPS) is 14.4. The number of hydrogen-bond donors (Lipinski definition) is 0. The van der Waals surface area contributed by atoms with Crippen molar-refractivity contribution in [1.29, 1.82) is 0 Å². The van der Waals surface area contributed by atoms with Crippen LogP contribution in [0.4, 0.5) is 0 Å². The van der Waals surface area contributed by atoms with E-state index in [2.05, 4.69) is 0 Å². The SMILES string of the molecule is CCc1cccc(C(Cl)(Cl)C(Cl)(Cl)C(Cl)(Cl)C(Cl)(Cl)Cl)c1. The number of hydrogen-bond acceptors (Lipinski definition) is 0. The summed E-state index contributed by atoms with van der Waals surface area (Å²) in [5.74, 6) is 0. The fourth-order valence-corrected chi connectivity index (χ4v) is 3.76. The van der Waals surface area contributed by atoms with Gasteiger partial charge in [0.2, 0.25) is 8.13 Å². The zero-order valence-corrected chi connectivity index (χ0v) is 17.2. The van der Waals surface area contributed by atoms with Crippen molar-refractivity contribution in [3.63, 3.8) is 0 Å². The summed E-state index contributed by atoms with van der Waals surface area (Å²) in [7, 11) is 0. The van der Waals surface area contributed by atoms with E-state index in [1.165, 1.54) is 0 Å². The minimum atomic E-state index is -2.28. The molecule has 1 rings (SSSR count). The molecule has 0 radical (unpaired) electrons. The molecule has 0 saturated heterocycles. The lowest BCUT2D eigenvalue weighted by molar-refractivity contribution is 0.600. The van der Waals surface area contributed by atoms with Crippen molar-refractivity contribution in [2.75, 3.05) is 0 Å². The fourth-order valence-electron chi connectivity index (χ4n) is 1.54. The summed E-state index contributed by atoms with van der Waals surface area (Å²) in [6.07, 6.45) is 0.757. The first-order valence-electron chi connectivity index (χ1n) is 5.58. The van der Waals surface area contributed by atoms with E-state index in [-0.39, 0.29) is 0 Å². The third-order valence-corrected chi connectivity index (χ3v) is 8.32. The lowest BCUT2D eigenvalue weighted by atomic mass is 10.0. The Morgan fingerprint density at radius 3 is 1.76 bits per heavy atom. The van der Waals surface area contributed by atoms with Crippen molar-refractivity contribution >= 4 is 104 Å². The number of rotatable bonds is 4. The summed E-state index contributed by atoms with van der Waals surface area (Å²) in [6, 6.07) is 6.99. The highest BCUT2D eigenvalue weighted by Gasteiger charge is 2.68. The van der Waals surface area contributed by atoms with E-state index in [0.717, 1.165) is 12.0 Å². The first kappa shape index (κ1) is 20.9. The Kier molecular flexibility index (Phi) is 6.94. The van der Waals surface area contributed by atoms with E-state index in [9.17, 15) is 0 Å². The minimum Gasteiger partial charge on any atom is -0.0943 e. The molecule has 0 saturated carbocycles. The Balaban J connectivity index is 3.39. The molecular formula is C12H9Cl9. The summed E-state index contributed by atoms with van der Waals surface area (Å²) in [6.45, 7) is 1.96. The predicted octanol–water partition coefficient (Wildman–Crippen LogP) is 7.60. The van der Waals surface area contributed by atoms with E-state index in [1.807, 2.05) is 13.0 Å². The Bertz CT molecular complexity index is 502. The van der Waals surface area contributed by atoms with Gasteiger partial charge in [0.05, 0.1) is 0 Å². The van der Waals surface area contributed by atoms with Gasteiger partial charge in [-0.15, -0.1) is 0 Å². The first-order chi connectivity index (χ1) is 9.29. The van der Waals surface area contributed by atoms with Gasteiger partial charge in [0.25, 0.3) is 0 Å². The van der Waals surface area contributed by atoms with Crippen molar-refractivity contribution in [3.8, 4) is 0 Å². The van der Waals surface area contributed by atoms with Gasteiger partial charge in [-0.25, -0.2) is 0 Å². The van der Waals surface area contributed by atoms with Crippen LogP contribution in [-0.2, 0) is 10.8 Å². The van der Waals surface area contributed by atoms with Gasteiger partial charge < -0.3 is 0 Å². The number of halogens is 9. The van der Waals surface area contributed by atoms with E-state index >= 15 is 0 Å². The molecular weight excluding hydrogens is 463 g/mol. The molecule has 0 N–H and O–H groups in total. The number of alkyl halides is 9. The Morgan fingerprint density at radius 1 is 0.810 bits per heavy atom. The molecule has 0 aliphatic rings. The van der Waals surface area contributed by atoms with Gasteiger partial charge in [-0.1, -0.05) is 136 Å². The van der Waals surface area contributed by atoms with Gasteiger partial charge in [-0.3, -0.25) is 0 Å². The van der Waals surface area contributed by atoms with Crippen LogP contribution in [0, 0.1) is 0 Å². The van der Waals surface area contributed by atoms with Crippen LogP contribution >= 0.6 is 104 Å². The summed E-state index contributed by atoms with van der Waals surface area (Å²) >= 11 is 54.4. The van der Waals surface area contributed by atoms with Crippen LogP contribution in [-0.4, -0.2) is 12.5 Å². The average Bonchev–Trinajstić information content (AvgIpc) is 2.37. The molecule has 0 amide bonds. The molecule has 0 aliphatic heterocycles. The zero-order valence-electron chi connectivity index (χ0n) is 10.4. The quantitative estimate of drug-likeness (QED) is 0.396. The Morgan fingerprint density at radius 2 is 1.33 bits per heavy atom. The second kappa shape index (κ2) is 6.98. The van der Waals surface area contributed by atoms with E-state index < -0.39 is 16.8 Å². The second-order valence-electron chi connectivity index (χ2n) is 4.27. The predicted molar refractivity (Wildman–Crippen MR) is 98.4 cm³/mol. The van der Waals surface area contributed by atoms with E-state index in [0.29, 0.717) is 5.56 Å². The molecule has 120 valence electrons. The lowest BCUT2D eigenvalue weighted by Gasteiger charge is -2.44. The monoisotopic (exact) mass is 468 g/mol. The maximum absolute atomic E-state index is 6.33. The molecule has 0 heterocycles. The number of aryl methyl sites for hydroxylation is 1. The molecule has 9 heteroatoms. The maximum atomic E-state index is 6.33. The summed E-state index contributed by atoms with van der Waals surface area (Å²) in [5.41, 5.74) is 1.35. The first-order valence-corrected chi connectivity index (χ1v) is 8.98. The van der Waals surface area contributed by atoms with E-state index in [1.54, 1.807) is 18.2 Å². The fraction of sp³-hybridized carbons (Fsp3) is 0.500. The molecule has 0 nitrogen and oxygen atoms in total. The van der Waals surface area contributed by atoms with Crippen molar-refractivity contribution in [2.45, 2.75) is 30.1 Å².